The molecule has 156 valence electrons. The standard InChI is InChI=1S/C19H21F2N3O4S/c20-14-1-2-17(16(21)11-14)29(25,26)24-8-4-19(5-9-24)12-15(3-10-27-19)28-18-13-22-6-7-23-18/h1-2,6-7,11,13,15H,3-5,8-10,12H2. The van der Waals surface area contributed by atoms with E-state index in [1.54, 1.807) is 18.6 Å². The average molecular weight is 425 g/mol. The summed E-state index contributed by atoms with van der Waals surface area (Å²) in [6.45, 7) is 0.887. The fourth-order valence-electron chi connectivity index (χ4n) is 3.91. The molecule has 2 fully saturated rings. The van der Waals surface area contributed by atoms with Crippen LogP contribution in [0.15, 0.2) is 41.7 Å². The Kier molecular flexibility index (Phi) is 5.50. The molecular weight excluding hydrogens is 404 g/mol. The van der Waals surface area contributed by atoms with Crippen molar-refractivity contribution < 1.29 is 26.7 Å². The molecular formula is C19H21F2N3O4S. The summed E-state index contributed by atoms with van der Waals surface area (Å²) < 4.78 is 65.8. The first-order valence-electron chi connectivity index (χ1n) is 9.40. The summed E-state index contributed by atoms with van der Waals surface area (Å²) in [5.41, 5.74) is -0.488. The fraction of sp³-hybridized carbons (Fsp3) is 0.474. The predicted molar refractivity (Wildman–Crippen MR) is 98.7 cm³/mol. The Labute approximate surface area is 167 Å². The van der Waals surface area contributed by atoms with Gasteiger partial charge in [0, 0.05) is 44.4 Å². The zero-order valence-electron chi connectivity index (χ0n) is 15.6. The van der Waals surface area contributed by atoms with Crippen LogP contribution in [-0.4, -0.2) is 54.1 Å². The predicted octanol–water partition coefficient (Wildman–Crippen LogP) is 2.54. The van der Waals surface area contributed by atoms with Crippen LogP contribution in [0.1, 0.15) is 25.7 Å². The summed E-state index contributed by atoms with van der Waals surface area (Å²) in [4.78, 5) is 7.60. The highest BCUT2D eigenvalue weighted by Crippen LogP contribution is 2.37. The van der Waals surface area contributed by atoms with E-state index >= 15 is 0 Å². The van der Waals surface area contributed by atoms with Crippen LogP contribution in [0.25, 0.3) is 0 Å². The monoisotopic (exact) mass is 425 g/mol. The number of hydrogen-bond donors (Lipinski definition) is 0. The van der Waals surface area contributed by atoms with Crippen molar-refractivity contribution in [3.8, 4) is 5.88 Å². The Hall–Kier alpha value is -2.17. The third-order valence-electron chi connectivity index (χ3n) is 5.42. The van der Waals surface area contributed by atoms with Crippen molar-refractivity contribution in [3.63, 3.8) is 0 Å². The quantitative estimate of drug-likeness (QED) is 0.749. The normalized spacial score (nSPS) is 22.5. The third kappa shape index (κ3) is 4.24. The minimum atomic E-state index is -4.04. The van der Waals surface area contributed by atoms with E-state index in [0.717, 1.165) is 12.1 Å². The van der Waals surface area contributed by atoms with Gasteiger partial charge in [0.2, 0.25) is 15.9 Å². The number of piperidine rings is 1. The molecule has 2 aliphatic rings. The maximum atomic E-state index is 14.0. The highest BCUT2D eigenvalue weighted by atomic mass is 32.2. The van der Waals surface area contributed by atoms with E-state index in [9.17, 15) is 17.2 Å². The minimum absolute atomic E-state index is 0.0989. The Balaban J connectivity index is 1.43. The second-order valence-electron chi connectivity index (χ2n) is 7.29. The molecule has 0 radical (unpaired) electrons. The number of nitrogens with zero attached hydrogens (tertiary/aromatic N) is 3. The van der Waals surface area contributed by atoms with E-state index < -0.39 is 32.2 Å². The number of aromatic nitrogens is 2. The van der Waals surface area contributed by atoms with Gasteiger partial charge in [-0.1, -0.05) is 0 Å². The average Bonchev–Trinajstić information content (AvgIpc) is 2.69. The third-order valence-corrected chi connectivity index (χ3v) is 7.35. The molecule has 2 aromatic rings. The van der Waals surface area contributed by atoms with Gasteiger partial charge in [-0.3, -0.25) is 4.98 Å². The molecule has 1 atom stereocenters. The van der Waals surface area contributed by atoms with E-state index in [2.05, 4.69) is 9.97 Å². The molecule has 1 spiro atoms. The minimum Gasteiger partial charge on any atom is -0.473 e. The number of hydrogen-bond acceptors (Lipinski definition) is 6. The van der Waals surface area contributed by atoms with E-state index in [4.69, 9.17) is 9.47 Å². The Morgan fingerprint density at radius 1 is 1.21 bits per heavy atom. The first kappa shape index (κ1) is 20.1. The van der Waals surface area contributed by atoms with Crippen molar-refractivity contribution in [3.05, 3.63) is 48.4 Å². The first-order chi connectivity index (χ1) is 13.9. The number of rotatable bonds is 4. The van der Waals surface area contributed by atoms with Crippen LogP contribution in [0.4, 0.5) is 8.78 Å². The molecule has 2 saturated heterocycles. The number of ether oxygens (including phenoxy) is 2. The second-order valence-corrected chi connectivity index (χ2v) is 9.19. The largest absolute Gasteiger partial charge is 0.473 e. The second kappa shape index (κ2) is 7.92. The van der Waals surface area contributed by atoms with Gasteiger partial charge in [0.25, 0.3) is 0 Å². The molecule has 4 rings (SSSR count). The van der Waals surface area contributed by atoms with Gasteiger partial charge in [0.05, 0.1) is 18.4 Å². The number of sulfonamides is 1. The zero-order chi connectivity index (χ0) is 20.5. The van der Waals surface area contributed by atoms with Crippen LogP contribution in [0.3, 0.4) is 0 Å². The van der Waals surface area contributed by atoms with Crippen LogP contribution in [0, 0.1) is 11.6 Å². The SMILES string of the molecule is O=S(=O)(c1ccc(F)cc1F)N1CCC2(CC1)CC(Oc1cnccn1)CCO2. The van der Waals surface area contributed by atoms with Crippen molar-refractivity contribution in [2.45, 2.75) is 42.3 Å². The van der Waals surface area contributed by atoms with Crippen molar-refractivity contribution in [2.24, 2.45) is 0 Å². The van der Waals surface area contributed by atoms with E-state index in [-0.39, 0.29) is 19.2 Å². The van der Waals surface area contributed by atoms with E-state index in [1.165, 1.54) is 4.31 Å². The fourth-order valence-corrected chi connectivity index (χ4v) is 5.39. The summed E-state index contributed by atoms with van der Waals surface area (Å²) >= 11 is 0. The number of benzene rings is 1. The highest BCUT2D eigenvalue weighted by molar-refractivity contribution is 7.89. The highest BCUT2D eigenvalue weighted by Gasteiger charge is 2.44. The molecule has 3 heterocycles. The molecule has 0 bridgehead atoms. The van der Waals surface area contributed by atoms with Crippen molar-refractivity contribution in [1.29, 1.82) is 0 Å². The topological polar surface area (TPSA) is 81.6 Å². The van der Waals surface area contributed by atoms with E-state index in [1.807, 2.05) is 0 Å². The number of halogens is 2. The molecule has 0 aliphatic carbocycles. The van der Waals surface area contributed by atoms with Crippen molar-refractivity contribution >= 4 is 10.0 Å². The Bertz CT molecular complexity index is 967. The van der Waals surface area contributed by atoms with Crippen LogP contribution in [0.5, 0.6) is 5.88 Å². The van der Waals surface area contributed by atoms with Crippen molar-refractivity contribution in [2.75, 3.05) is 19.7 Å². The lowest BCUT2D eigenvalue weighted by Gasteiger charge is -2.45. The maximum Gasteiger partial charge on any atom is 0.245 e. The molecule has 0 amide bonds. The molecule has 1 aromatic carbocycles. The molecule has 0 saturated carbocycles. The summed E-state index contributed by atoms with van der Waals surface area (Å²) in [5.74, 6) is -1.46. The lowest BCUT2D eigenvalue weighted by Crippen LogP contribution is -2.52. The lowest BCUT2D eigenvalue weighted by atomic mass is 9.84. The van der Waals surface area contributed by atoms with Gasteiger partial charge < -0.3 is 9.47 Å². The summed E-state index contributed by atoms with van der Waals surface area (Å²) in [6, 6.07) is 2.49. The summed E-state index contributed by atoms with van der Waals surface area (Å²) in [6.07, 6.45) is 6.84. The summed E-state index contributed by atoms with van der Waals surface area (Å²) in [5, 5.41) is 0. The molecule has 0 N–H and O–H groups in total. The first-order valence-corrected chi connectivity index (χ1v) is 10.8. The Morgan fingerprint density at radius 2 is 2.00 bits per heavy atom. The van der Waals surface area contributed by atoms with Crippen LogP contribution < -0.4 is 4.74 Å². The van der Waals surface area contributed by atoms with Gasteiger partial charge >= 0.3 is 0 Å². The summed E-state index contributed by atoms with van der Waals surface area (Å²) in [7, 11) is -4.04. The van der Waals surface area contributed by atoms with E-state index in [0.29, 0.717) is 44.2 Å². The van der Waals surface area contributed by atoms with Crippen molar-refractivity contribution in [1.82, 2.24) is 14.3 Å². The molecule has 1 aromatic heterocycles. The molecule has 7 nitrogen and oxygen atoms in total. The zero-order valence-corrected chi connectivity index (χ0v) is 16.4. The smallest absolute Gasteiger partial charge is 0.245 e. The van der Waals surface area contributed by atoms with Gasteiger partial charge in [-0.25, -0.2) is 22.2 Å². The van der Waals surface area contributed by atoms with Gasteiger partial charge in [0.15, 0.2) is 0 Å². The lowest BCUT2D eigenvalue weighted by molar-refractivity contribution is -0.133. The molecule has 1 unspecified atom stereocenters. The van der Waals surface area contributed by atoms with Gasteiger partial charge in [0.1, 0.15) is 22.6 Å². The Morgan fingerprint density at radius 3 is 2.69 bits per heavy atom. The molecule has 10 heteroatoms. The van der Waals surface area contributed by atoms with Crippen LogP contribution in [0.2, 0.25) is 0 Å². The van der Waals surface area contributed by atoms with Gasteiger partial charge in [-0.15, -0.1) is 0 Å². The maximum absolute atomic E-state index is 14.0. The van der Waals surface area contributed by atoms with Gasteiger partial charge in [-0.05, 0) is 25.0 Å². The molecule has 2 aliphatic heterocycles. The van der Waals surface area contributed by atoms with Crippen LogP contribution in [-0.2, 0) is 14.8 Å². The molecule has 29 heavy (non-hydrogen) atoms. The van der Waals surface area contributed by atoms with Gasteiger partial charge in [-0.2, -0.15) is 4.31 Å². The van der Waals surface area contributed by atoms with Crippen LogP contribution >= 0.6 is 0 Å².